The Bertz CT molecular complexity index is 1830. The van der Waals surface area contributed by atoms with Gasteiger partial charge in [-0.3, -0.25) is 0 Å². The van der Waals surface area contributed by atoms with Gasteiger partial charge in [0, 0.05) is 17.3 Å². The molecule has 0 saturated heterocycles. The first-order valence-corrected chi connectivity index (χ1v) is 14.1. The summed E-state index contributed by atoms with van der Waals surface area (Å²) in [6.07, 6.45) is 0. The van der Waals surface area contributed by atoms with E-state index in [1.807, 2.05) is 0 Å². The molecule has 0 atom stereocenters. The van der Waals surface area contributed by atoms with Gasteiger partial charge in [-0.15, -0.1) is 0 Å². The van der Waals surface area contributed by atoms with Crippen LogP contribution in [0.1, 0.15) is 46.2 Å². The van der Waals surface area contributed by atoms with Gasteiger partial charge in [0.25, 0.3) is 0 Å². The van der Waals surface area contributed by atoms with Crippen molar-refractivity contribution < 1.29 is 0 Å². The van der Waals surface area contributed by atoms with Crippen molar-refractivity contribution in [2.24, 2.45) is 0 Å². The third-order valence-electron chi connectivity index (χ3n) is 8.99. The van der Waals surface area contributed by atoms with E-state index in [1.54, 1.807) is 0 Å². The zero-order valence-electron chi connectivity index (χ0n) is 22.4. The van der Waals surface area contributed by atoms with Gasteiger partial charge in [-0.1, -0.05) is 128 Å². The number of anilines is 2. The summed E-state index contributed by atoms with van der Waals surface area (Å²) in [4.78, 5) is 0. The molecule has 0 fully saturated rings. The number of benzene rings is 6. The zero-order chi connectivity index (χ0) is 26.7. The van der Waals surface area contributed by atoms with Gasteiger partial charge in [0.1, 0.15) is 0 Å². The standard InChI is InChI=1S/C39H29N/c1-26-31-13-5-8-16-35(31)39(36-17-9-6-14-32(26)36)37-18-10-7-15-33(37)34-25-30(23-24-38(34)39)40-29-21-19-28(20-22-29)27-11-3-2-4-12-27/h2-26,40H,1H3. The van der Waals surface area contributed by atoms with Gasteiger partial charge in [-0.2, -0.15) is 0 Å². The summed E-state index contributed by atoms with van der Waals surface area (Å²) in [5.41, 5.74) is 15.3. The van der Waals surface area contributed by atoms with Crippen LogP contribution in [0.2, 0.25) is 0 Å². The lowest BCUT2D eigenvalue weighted by Crippen LogP contribution is -2.35. The first-order chi connectivity index (χ1) is 19.7. The molecule has 1 N–H and O–H groups in total. The Labute approximate surface area is 235 Å². The Balaban J connectivity index is 1.28. The molecule has 8 rings (SSSR count). The molecular weight excluding hydrogens is 482 g/mol. The van der Waals surface area contributed by atoms with Gasteiger partial charge in [0.05, 0.1) is 5.41 Å². The molecule has 6 aromatic rings. The van der Waals surface area contributed by atoms with Gasteiger partial charge < -0.3 is 5.32 Å². The first-order valence-electron chi connectivity index (χ1n) is 14.1. The van der Waals surface area contributed by atoms with Crippen LogP contribution in [0.4, 0.5) is 11.4 Å². The van der Waals surface area contributed by atoms with Crippen molar-refractivity contribution in [1.82, 2.24) is 0 Å². The summed E-state index contributed by atoms with van der Waals surface area (Å²) in [5.74, 6) is 0.356. The highest BCUT2D eigenvalue weighted by atomic mass is 14.9. The monoisotopic (exact) mass is 511 g/mol. The number of nitrogens with one attached hydrogen (secondary N) is 1. The fraction of sp³-hybridized carbons (Fsp3) is 0.0769. The molecule has 0 unspecified atom stereocenters. The smallest absolute Gasteiger partial charge is 0.0719 e. The fourth-order valence-electron chi connectivity index (χ4n) is 7.23. The van der Waals surface area contributed by atoms with Crippen molar-refractivity contribution in [2.75, 3.05) is 5.32 Å². The predicted molar refractivity (Wildman–Crippen MR) is 166 cm³/mol. The van der Waals surface area contributed by atoms with Crippen LogP contribution in [0.25, 0.3) is 22.3 Å². The minimum absolute atomic E-state index is 0.318. The first kappa shape index (κ1) is 23.0. The van der Waals surface area contributed by atoms with E-state index < -0.39 is 0 Å². The zero-order valence-corrected chi connectivity index (χ0v) is 22.4. The predicted octanol–water partition coefficient (Wildman–Crippen LogP) is 9.93. The topological polar surface area (TPSA) is 12.0 Å². The maximum Gasteiger partial charge on any atom is 0.0719 e. The van der Waals surface area contributed by atoms with Crippen LogP contribution < -0.4 is 5.32 Å². The van der Waals surface area contributed by atoms with Gasteiger partial charge in [-0.25, -0.2) is 0 Å². The molecule has 1 nitrogen and oxygen atoms in total. The van der Waals surface area contributed by atoms with E-state index in [2.05, 4.69) is 158 Å². The second kappa shape index (κ2) is 8.83. The molecule has 0 saturated carbocycles. The van der Waals surface area contributed by atoms with Crippen LogP contribution in [0.5, 0.6) is 0 Å². The summed E-state index contributed by atoms with van der Waals surface area (Å²) in [5, 5.41) is 3.68. The molecule has 0 bridgehead atoms. The van der Waals surface area contributed by atoms with Crippen LogP contribution in [-0.2, 0) is 5.41 Å². The molecule has 6 aromatic carbocycles. The Morgan fingerprint density at radius 3 is 1.68 bits per heavy atom. The number of hydrogen-bond donors (Lipinski definition) is 1. The van der Waals surface area contributed by atoms with Crippen LogP contribution in [-0.4, -0.2) is 0 Å². The largest absolute Gasteiger partial charge is 0.356 e. The van der Waals surface area contributed by atoms with E-state index in [0.717, 1.165) is 11.4 Å². The third-order valence-corrected chi connectivity index (χ3v) is 8.99. The number of fused-ring (bicyclic) bond motifs is 9. The molecule has 2 aliphatic rings. The second-order valence-electron chi connectivity index (χ2n) is 11.0. The molecular formula is C39H29N. The molecule has 40 heavy (non-hydrogen) atoms. The van der Waals surface area contributed by atoms with Crippen molar-refractivity contribution in [3.63, 3.8) is 0 Å². The van der Waals surface area contributed by atoms with E-state index in [1.165, 1.54) is 55.6 Å². The maximum atomic E-state index is 3.68. The van der Waals surface area contributed by atoms with E-state index in [-0.39, 0.29) is 5.41 Å². The van der Waals surface area contributed by atoms with Gasteiger partial charge in [0.2, 0.25) is 0 Å². The molecule has 1 heteroatoms. The number of hydrogen-bond acceptors (Lipinski definition) is 1. The summed E-state index contributed by atoms with van der Waals surface area (Å²) >= 11 is 0. The summed E-state index contributed by atoms with van der Waals surface area (Å²) in [7, 11) is 0. The Morgan fingerprint density at radius 2 is 0.975 bits per heavy atom. The Morgan fingerprint density at radius 1 is 0.450 bits per heavy atom. The quantitative estimate of drug-likeness (QED) is 0.249. The Kier molecular flexibility index (Phi) is 5.09. The molecule has 0 radical (unpaired) electrons. The summed E-state index contributed by atoms with van der Waals surface area (Å²) in [6, 6.07) is 53.4. The molecule has 2 aliphatic carbocycles. The lowest BCUT2D eigenvalue weighted by atomic mass is 9.59. The van der Waals surface area contributed by atoms with Crippen molar-refractivity contribution in [2.45, 2.75) is 18.3 Å². The molecule has 0 amide bonds. The van der Waals surface area contributed by atoms with E-state index in [9.17, 15) is 0 Å². The van der Waals surface area contributed by atoms with Gasteiger partial charge in [0.15, 0.2) is 0 Å². The summed E-state index contributed by atoms with van der Waals surface area (Å²) in [6.45, 7) is 2.35. The molecule has 190 valence electrons. The average Bonchev–Trinajstić information content (AvgIpc) is 3.31. The lowest BCUT2D eigenvalue weighted by Gasteiger charge is -2.42. The SMILES string of the molecule is CC1c2ccccc2C2(c3ccccc3-c3cc(Nc4ccc(-c5ccccc5)cc4)ccc32)c2ccccc21. The van der Waals surface area contributed by atoms with Crippen molar-refractivity contribution in [3.8, 4) is 22.3 Å². The summed E-state index contributed by atoms with van der Waals surface area (Å²) < 4.78 is 0. The highest BCUT2D eigenvalue weighted by Crippen LogP contribution is 2.61. The second-order valence-corrected chi connectivity index (χ2v) is 11.0. The van der Waals surface area contributed by atoms with Gasteiger partial charge >= 0.3 is 0 Å². The lowest BCUT2D eigenvalue weighted by molar-refractivity contribution is 0.685. The van der Waals surface area contributed by atoms with Crippen molar-refractivity contribution >= 4 is 11.4 Å². The fourth-order valence-corrected chi connectivity index (χ4v) is 7.23. The van der Waals surface area contributed by atoms with Crippen LogP contribution in [0.15, 0.2) is 146 Å². The van der Waals surface area contributed by atoms with Crippen molar-refractivity contribution in [1.29, 1.82) is 0 Å². The molecule has 0 aliphatic heterocycles. The minimum Gasteiger partial charge on any atom is -0.356 e. The number of rotatable bonds is 3. The highest BCUT2D eigenvalue weighted by molar-refractivity contribution is 5.90. The molecule has 1 spiro atoms. The maximum absolute atomic E-state index is 3.68. The van der Waals surface area contributed by atoms with E-state index >= 15 is 0 Å². The van der Waals surface area contributed by atoms with E-state index in [4.69, 9.17) is 0 Å². The van der Waals surface area contributed by atoms with Gasteiger partial charge in [-0.05, 0) is 79.9 Å². The van der Waals surface area contributed by atoms with Crippen LogP contribution >= 0.6 is 0 Å². The van der Waals surface area contributed by atoms with Crippen molar-refractivity contribution in [3.05, 3.63) is 179 Å². The van der Waals surface area contributed by atoms with Crippen LogP contribution in [0.3, 0.4) is 0 Å². The third kappa shape index (κ3) is 3.21. The normalized spacial score (nSPS) is 18.0. The van der Waals surface area contributed by atoms with Crippen LogP contribution in [0, 0.1) is 0 Å². The molecule has 0 aromatic heterocycles. The minimum atomic E-state index is -0.318. The molecule has 0 heterocycles. The highest BCUT2D eigenvalue weighted by Gasteiger charge is 2.50. The Hall–Kier alpha value is -4.88. The van der Waals surface area contributed by atoms with E-state index in [0.29, 0.717) is 5.92 Å². The average molecular weight is 512 g/mol.